The first kappa shape index (κ1) is 34.1. The SMILES string of the molecule is C=C/C=C1/Cc2cccc(C(C)=NCC3=CCC(C)C=C3)c2/C1=C/n1c2ccccc2c2cc3c(cc21)C(C)(C)c1cc(C)c(-c2ccccc2C)cc1-3. The Morgan fingerprint density at radius 2 is 1.61 bits per heavy atom. The van der Waals surface area contributed by atoms with Crippen LogP contribution in [0.4, 0.5) is 0 Å². The van der Waals surface area contributed by atoms with Crippen LogP contribution in [0.3, 0.4) is 0 Å². The summed E-state index contributed by atoms with van der Waals surface area (Å²) >= 11 is 0. The molecular weight excluding hydrogens is 653 g/mol. The zero-order chi connectivity index (χ0) is 37.3. The van der Waals surface area contributed by atoms with Gasteiger partial charge in [-0.3, -0.25) is 4.99 Å². The van der Waals surface area contributed by atoms with Gasteiger partial charge in [-0.25, -0.2) is 0 Å². The van der Waals surface area contributed by atoms with Crippen LogP contribution in [0.5, 0.6) is 0 Å². The molecule has 5 aromatic carbocycles. The molecule has 6 aromatic rings. The van der Waals surface area contributed by atoms with Crippen molar-refractivity contribution in [3.63, 3.8) is 0 Å². The van der Waals surface area contributed by atoms with Gasteiger partial charge in [0.1, 0.15) is 0 Å². The van der Waals surface area contributed by atoms with Crippen LogP contribution in [0.25, 0.3) is 55.8 Å². The molecule has 1 atom stereocenters. The van der Waals surface area contributed by atoms with E-state index in [-0.39, 0.29) is 5.41 Å². The number of benzene rings is 5. The van der Waals surface area contributed by atoms with Crippen molar-refractivity contribution >= 4 is 39.3 Å². The summed E-state index contributed by atoms with van der Waals surface area (Å²) < 4.78 is 2.46. The van der Waals surface area contributed by atoms with Crippen LogP contribution in [0, 0.1) is 19.8 Å². The standard InChI is InChI=1S/C52H48N2/c1-8-14-37-26-38-16-13-19-40(35(5)53-30-36-23-21-32(2)22-24-36)51(38)46(37)31-54-49-20-12-11-18-41(49)45-28-44-43-27-42(39-17-10-9-15-33(39)3)34(4)25-47(43)52(6,7)48(44)29-50(45)54/h8-21,23-25,27-29,31-32H,1,22,26,30H2,2-7H3/b37-14-,46-31+,53-35?. The number of aryl methyl sites for hydroxylation is 2. The second-order valence-electron chi connectivity index (χ2n) is 16.2. The Labute approximate surface area is 320 Å². The van der Waals surface area contributed by atoms with E-state index in [1.54, 1.807) is 0 Å². The van der Waals surface area contributed by atoms with Crippen LogP contribution < -0.4 is 0 Å². The summed E-state index contributed by atoms with van der Waals surface area (Å²) in [5.41, 5.74) is 21.8. The maximum absolute atomic E-state index is 5.16. The predicted octanol–water partition coefficient (Wildman–Crippen LogP) is 13.4. The van der Waals surface area contributed by atoms with Gasteiger partial charge in [-0.15, -0.1) is 0 Å². The summed E-state index contributed by atoms with van der Waals surface area (Å²) in [5.74, 6) is 0.600. The summed E-state index contributed by atoms with van der Waals surface area (Å²) in [5, 5.41) is 2.55. The van der Waals surface area contributed by atoms with Gasteiger partial charge in [0, 0.05) is 39.2 Å². The first-order valence-corrected chi connectivity index (χ1v) is 19.5. The molecule has 1 unspecified atom stereocenters. The molecule has 0 spiro atoms. The van der Waals surface area contributed by atoms with E-state index < -0.39 is 0 Å². The summed E-state index contributed by atoms with van der Waals surface area (Å²) in [6.07, 6.45) is 15.4. The van der Waals surface area contributed by atoms with Gasteiger partial charge in [-0.05, 0) is 131 Å². The third-order valence-electron chi connectivity index (χ3n) is 12.3. The number of hydrogen-bond acceptors (Lipinski definition) is 1. The lowest BCUT2D eigenvalue weighted by atomic mass is 9.81. The highest BCUT2D eigenvalue weighted by Gasteiger charge is 2.37. The fraction of sp³-hybridized carbons (Fsp3) is 0.212. The predicted molar refractivity (Wildman–Crippen MR) is 233 cm³/mol. The van der Waals surface area contributed by atoms with Crippen molar-refractivity contribution in [3.8, 4) is 22.3 Å². The van der Waals surface area contributed by atoms with E-state index in [2.05, 4.69) is 174 Å². The molecule has 1 heterocycles. The zero-order valence-electron chi connectivity index (χ0n) is 32.4. The maximum Gasteiger partial charge on any atom is 0.0639 e. The fourth-order valence-corrected chi connectivity index (χ4v) is 9.26. The van der Waals surface area contributed by atoms with E-state index in [9.17, 15) is 0 Å². The van der Waals surface area contributed by atoms with Crippen molar-refractivity contribution in [2.24, 2.45) is 10.9 Å². The highest BCUT2D eigenvalue weighted by atomic mass is 15.0. The summed E-state index contributed by atoms with van der Waals surface area (Å²) in [7, 11) is 0. The molecule has 0 aliphatic heterocycles. The van der Waals surface area contributed by atoms with Crippen molar-refractivity contribution in [2.75, 3.05) is 6.54 Å². The lowest BCUT2D eigenvalue weighted by molar-refractivity contribution is 0.660. The average molecular weight is 701 g/mol. The molecule has 0 N–H and O–H groups in total. The van der Waals surface area contributed by atoms with Gasteiger partial charge < -0.3 is 4.57 Å². The van der Waals surface area contributed by atoms with E-state index in [1.165, 1.54) is 99.7 Å². The van der Waals surface area contributed by atoms with Crippen LogP contribution in [-0.4, -0.2) is 16.8 Å². The van der Waals surface area contributed by atoms with Crippen LogP contribution in [0.1, 0.15) is 73.1 Å². The summed E-state index contributed by atoms with van der Waals surface area (Å²) in [6.45, 7) is 18.6. The highest BCUT2D eigenvalue weighted by molar-refractivity contribution is 6.14. The molecule has 0 bridgehead atoms. The normalized spacial score (nSPS) is 18.7. The van der Waals surface area contributed by atoms with Crippen molar-refractivity contribution in [1.82, 2.24) is 4.57 Å². The zero-order valence-corrected chi connectivity index (χ0v) is 32.4. The number of para-hydroxylation sites is 1. The van der Waals surface area contributed by atoms with Crippen molar-refractivity contribution in [2.45, 2.75) is 59.8 Å². The Balaban J connectivity index is 1.23. The molecule has 54 heavy (non-hydrogen) atoms. The molecule has 266 valence electrons. The molecular formula is C52H48N2. The Bertz CT molecular complexity index is 2710. The molecule has 2 nitrogen and oxygen atoms in total. The molecule has 3 aliphatic rings. The van der Waals surface area contributed by atoms with E-state index in [0.717, 1.165) is 18.6 Å². The van der Waals surface area contributed by atoms with Crippen LogP contribution in [0.2, 0.25) is 0 Å². The summed E-state index contributed by atoms with van der Waals surface area (Å²) in [6, 6.07) is 34.3. The van der Waals surface area contributed by atoms with Gasteiger partial charge in [-0.2, -0.15) is 0 Å². The summed E-state index contributed by atoms with van der Waals surface area (Å²) in [4.78, 5) is 5.16. The Hall–Kier alpha value is -5.73. The van der Waals surface area contributed by atoms with Gasteiger partial charge in [0.05, 0.1) is 17.6 Å². The van der Waals surface area contributed by atoms with Crippen LogP contribution >= 0.6 is 0 Å². The number of fused-ring (bicyclic) bond motifs is 7. The van der Waals surface area contributed by atoms with Crippen molar-refractivity contribution in [3.05, 3.63) is 178 Å². The number of aliphatic imine (C=N–C) groups is 1. The molecule has 2 heteroatoms. The molecule has 0 saturated heterocycles. The monoisotopic (exact) mass is 700 g/mol. The number of rotatable bonds is 6. The third kappa shape index (κ3) is 5.42. The van der Waals surface area contributed by atoms with E-state index in [4.69, 9.17) is 4.99 Å². The number of aromatic nitrogens is 1. The minimum atomic E-state index is -0.141. The minimum absolute atomic E-state index is 0.141. The molecule has 1 aromatic heterocycles. The van der Waals surface area contributed by atoms with Crippen LogP contribution in [0.15, 0.2) is 144 Å². The molecule has 0 fully saturated rings. The minimum Gasteiger partial charge on any atom is -0.315 e. The molecule has 9 rings (SSSR count). The van der Waals surface area contributed by atoms with Crippen molar-refractivity contribution < 1.29 is 0 Å². The van der Waals surface area contributed by atoms with Gasteiger partial charge >= 0.3 is 0 Å². The van der Waals surface area contributed by atoms with Crippen LogP contribution in [-0.2, 0) is 11.8 Å². The Morgan fingerprint density at radius 3 is 2.41 bits per heavy atom. The highest BCUT2D eigenvalue weighted by Crippen LogP contribution is 2.53. The molecule has 0 radical (unpaired) electrons. The third-order valence-corrected chi connectivity index (χ3v) is 12.3. The van der Waals surface area contributed by atoms with E-state index in [0.29, 0.717) is 12.5 Å². The lowest BCUT2D eigenvalue weighted by Gasteiger charge is -2.23. The van der Waals surface area contributed by atoms with Gasteiger partial charge in [0.15, 0.2) is 0 Å². The Kier molecular flexibility index (Phi) is 8.19. The quantitative estimate of drug-likeness (QED) is 0.154. The van der Waals surface area contributed by atoms with Gasteiger partial charge in [0.2, 0.25) is 0 Å². The lowest BCUT2D eigenvalue weighted by Crippen LogP contribution is -2.15. The molecule has 0 amide bonds. The largest absolute Gasteiger partial charge is 0.315 e. The van der Waals surface area contributed by atoms with Gasteiger partial charge in [-0.1, -0.05) is 124 Å². The number of hydrogen-bond donors (Lipinski definition) is 0. The number of allylic oxidation sites excluding steroid dienone is 6. The smallest absolute Gasteiger partial charge is 0.0639 e. The fourth-order valence-electron chi connectivity index (χ4n) is 9.26. The second-order valence-corrected chi connectivity index (χ2v) is 16.2. The number of nitrogens with zero attached hydrogens (tertiary/aromatic N) is 2. The van der Waals surface area contributed by atoms with E-state index in [1.807, 2.05) is 6.08 Å². The van der Waals surface area contributed by atoms with Gasteiger partial charge in [0.25, 0.3) is 0 Å². The average Bonchev–Trinajstić information content (AvgIpc) is 3.75. The van der Waals surface area contributed by atoms with E-state index >= 15 is 0 Å². The first-order chi connectivity index (χ1) is 26.1. The molecule has 3 aliphatic carbocycles. The molecule has 0 saturated carbocycles. The topological polar surface area (TPSA) is 17.3 Å². The maximum atomic E-state index is 5.16. The second kappa shape index (κ2) is 13.0. The Morgan fingerprint density at radius 1 is 0.833 bits per heavy atom. The first-order valence-electron chi connectivity index (χ1n) is 19.5. The van der Waals surface area contributed by atoms with Crippen molar-refractivity contribution in [1.29, 1.82) is 0 Å².